The van der Waals surface area contributed by atoms with Gasteiger partial charge in [0.15, 0.2) is 0 Å². The van der Waals surface area contributed by atoms with Gasteiger partial charge in [-0.1, -0.05) is 78.2 Å². The monoisotopic (exact) mass is 740 g/mol. The van der Waals surface area contributed by atoms with E-state index in [-0.39, 0.29) is 40.8 Å². The number of benzene rings is 3. The largest absolute Gasteiger partial charge is 3.00 e. The first kappa shape index (κ1) is 32.6. The van der Waals surface area contributed by atoms with E-state index in [0.717, 1.165) is 65.4 Å². The molecule has 6 heterocycles. The van der Waals surface area contributed by atoms with Crippen molar-refractivity contribution in [2.45, 2.75) is 0 Å². The maximum Gasteiger partial charge on any atom is 3.00 e. The number of hydrogen-bond acceptors (Lipinski definition) is 8. The molecule has 0 aliphatic heterocycles. The van der Waals surface area contributed by atoms with E-state index < -0.39 is 0 Å². The van der Waals surface area contributed by atoms with Crippen molar-refractivity contribution in [2.75, 3.05) is 0 Å². The molecule has 0 aliphatic carbocycles. The molecule has 0 unspecified atom stereocenters. The van der Waals surface area contributed by atoms with Crippen molar-refractivity contribution in [3.8, 4) is 5.40 Å². The molecule has 0 N–H and O–H groups in total. The minimum atomic E-state index is 0. The van der Waals surface area contributed by atoms with E-state index in [9.17, 15) is 0 Å². The van der Waals surface area contributed by atoms with Crippen molar-refractivity contribution in [3.05, 3.63) is 146 Å². The molecule has 3 aromatic carbocycles. The molecule has 0 saturated carbocycles. The van der Waals surface area contributed by atoms with Gasteiger partial charge in [-0.3, -0.25) is 29.9 Å². The van der Waals surface area contributed by atoms with E-state index in [2.05, 4.69) is 115 Å². The number of thiocyanates is 1. The minimum absolute atomic E-state index is 0. The molecular formula is C37H24N7NdS+2. The molecule has 9 aromatic rings. The molecule has 9 heteroatoms. The number of pyridine rings is 6. The van der Waals surface area contributed by atoms with Crippen LogP contribution in [0.1, 0.15) is 0 Å². The molecule has 9 rings (SSSR count). The van der Waals surface area contributed by atoms with Crippen LogP contribution < -0.4 is 0 Å². The Hall–Kier alpha value is -4.82. The van der Waals surface area contributed by atoms with Crippen molar-refractivity contribution in [2.24, 2.45) is 0 Å². The Bertz CT molecular complexity index is 2020. The summed E-state index contributed by atoms with van der Waals surface area (Å²) in [5.41, 5.74) is 5.86. The average Bonchev–Trinajstić information content (AvgIpc) is 3.12. The van der Waals surface area contributed by atoms with Crippen LogP contribution in [0, 0.1) is 51.5 Å². The molecule has 0 saturated heterocycles. The Morgan fingerprint density at radius 1 is 0.348 bits per heavy atom. The molecule has 0 spiro atoms. The van der Waals surface area contributed by atoms with Gasteiger partial charge in [-0.15, -0.1) is 0 Å². The molecule has 215 valence electrons. The van der Waals surface area contributed by atoms with Crippen LogP contribution in [-0.2, 0) is 12.6 Å². The van der Waals surface area contributed by atoms with Gasteiger partial charge in [0, 0.05) is 69.5 Å². The Morgan fingerprint density at radius 3 is 0.652 bits per heavy atom. The van der Waals surface area contributed by atoms with Gasteiger partial charge >= 0.3 is 40.8 Å². The first-order chi connectivity index (χ1) is 22.3. The number of fused-ring (bicyclic) bond motifs is 9. The Labute approximate surface area is 303 Å². The maximum atomic E-state index is 7.13. The van der Waals surface area contributed by atoms with Crippen LogP contribution in [0.3, 0.4) is 0 Å². The quantitative estimate of drug-likeness (QED) is 0.0869. The number of nitrogens with zero attached hydrogens (tertiary/aromatic N) is 7. The smallest absolute Gasteiger partial charge is 0.696 e. The number of hydrogen-bond donors (Lipinski definition) is 0. The van der Waals surface area contributed by atoms with E-state index in [1.54, 1.807) is 37.2 Å². The van der Waals surface area contributed by atoms with Crippen molar-refractivity contribution in [1.29, 1.82) is 5.26 Å². The van der Waals surface area contributed by atoms with Crippen LogP contribution in [0.4, 0.5) is 0 Å². The van der Waals surface area contributed by atoms with Gasteiger partial charge in [0.1, 0.15) is 0 Å². The first-order valence-corrected chi connectivity index (χ1v) is 14.4. The summed E-state index contributed by atoms with van der Waals surface area (Å²) in [6.45, 7) is 0. The molecule has 0 atom stereocenters. The summed E-state index contributed by atoms with van der Waals surface area (Å²) in [4.78, 5) is 26.1. The van der Waals surface area contributed by atoms with E-state index >= 15 is 0 Å². The predicted molar refractivity (Wildman–Crippen MR) is 184 cm³/mol. The van der Waals surface area contributed by atoms with Crippen LogP contribution in [0.2, 0.25) is 0 Å². The second-order valence-electron chi connectivity index (χ2n) is 9.74. The normalized spacial score (nSPS) is 10.1. The third-order valence-corrected chi connectivity index (χ3v) is 7.03. The summed E-state index contributed by atoms with van der Waals surface area (Å²) in [5.74, 6) is 0. The average molecular weight is 743 g/mol. The fourth-order valence-corrected chi connectivity index (χ4v) is 5.04. The predicted octanol–water partition coefficient (Wildman–Crippen LogP) is 8.36. The number of nitriles is 1. The Morgan fingerprint density at radius 2 is 0.500 bits per heavy atom. The Balaban J connectivity index is 0.000000129. The molecule has 0 bridgehead atoms. The van der Waals surface area contributed by atoms with E-state index in [4.69, 9.17) is 5.26 Å². The third kappa shape index (κ3) is 7.35. The summed E-state index contributed by atoms with van der Waals surface area (Å²) in [6, 6.07) is 36.4. The van der Waals surface area contributed by atoms with Crippen molar-refractivity contribution in [1.82, 2.24) is 29.9 Å². The standard InChI is InChI=1S/3C12H8N2.CHNS.Nd/c3*1-3-9-5-6-10-4-2-8-14-12(10)11(9)13-7-1;2-1-3;/h3*1-8H;3H;/q;;;;+3/p-1. The minimum Gasteiger partial charge on any atom is -0.696 e. The zero-order valence-electron chi connectivity index (χ0n) is 24.4. The van der Waals surface area contributed by atoms with Crippen molar-refractivity contribution >= 4 is 78.0 Å². The molecular weight excluding hydrogens is 719 g/mol. The maximum absolute atomic E-state index is 7.13. The summed E-state index contributed by atoms with van der Waals surface area (Å²) in [7, 11) is 0. The van der Waals surface area contributed by atoms with Crippen molar-refractivity contribution < 1.29 is 40.8 Å². The number of rotatable bonds is 0. The third-order valence-electron chi connectivity index (χ3n) is 7.03. The molecule has 0 aliphatic rings. The van der Waals surface area contributed by atoms with Crippen LogP contribution in [0.5, 0.6) is 0 Å². The van der Waals surface area contributed by atoms with E-state index in [1.807, 2.05) is 36.4 Å². The van der Waals surface area contributed by atoms with E-state index in [1.165, 1.54) is 5.40 Å². The van der Waals surface area contributed by atoms with Crippen LogP contribution in [0.25, 0.3) is 65.4 Å². The molecule has 0 fully saturated rings. The fourth-order valence-electron chi connectivity index (χ4n) is 5.04. The van der Waals surface area contributed by atoms with Gasteiger partial charge < -0.3 is 12.6 Å². The van der Waals surface area contributed by atoms with Gasteiger partial charge in [0.2, 0.25) is 0 Å². The molecule has 0 amide bonds. The SMILES string of the molecule is N#C[S-].[Nd+3].c1cnc2c(c1)ccc1cccnc12.c1cnc2c(c1)ccc1cccnc12.c1cnc2c(c1)ccc1cccnc12. The van der Waals surface area contributed by atoms with Gasteiger partial charge in [0.25, 0.3) is 0 Å². The zero-order valence-corrected chi connectivity index (χ0v) is 28.4. The summed E-state index contributed by atoms with van der Waals surface area (Å²) >= 11 is 3.70. The summed E-state index contributed by atoms with van der Waals surface area (Å²) < 4.78 is 0. The summed E-state index contributed by atoms with van der Waals surface area (Å²) in [5, 5.41) is 15.3. The molecule has 46 heavy (non-hydrogen) atoms. The molecule has 6 aromatic heterocycles. The first-order valence-electron chi connectivity index (χ1n) is 14.0. The second-order valence-corrected chi connectivity index (χ2v) is 9.92. The van der Waals surface area contributed by atoms with Gasteiger partial charge in [0.05, 0.1) is 33.1 Å². The summed E-state index contributed by atoms with van der Waals surface area (Å²) in [6.07, 6.45) is 10.8. The van der Waals surface area contributed by atoms with Gasteiger partial charge in [-0.25, -0.2) is 5.26 Å². The molecule has 1 radical (unpaired) electrons. The van der Waals surface area contributed by atoms with Crippen molar-refractivity contribution in [3.63, 3.8) is 0 Å². The zero-order chi connectivity index (χ0) is 30.8. The van der Waals surface area contributed by atoms with Crippen LogP contribution >= 0.6 is 0 Å². The Kier molecular flexibility index (Phi) is 11.3. The topological polar surface area (TPSA) is 101 Å². The fraction of sp³-hybridized carbons (Fsp3) is 0. The second kappa shape index (κ2) is 16.0. The van der Waals surface area contributed by atoms with Crippen LogP contribution in [0.15, 0.2) is 146 Å². The number of aromatic nitrogens is 6. The van der Waals surface area contributed by atoms with Gasteiger partial charge in [-0.05, 0) is 36.4 Å². The van der Waals surface area contributed by atoms with Gasteiger partial charge in [-0.2, -0.15) is 0 Å². The van der Waals surface area contributed by atoms with Crippen LogP contribution in [-0.4, -0.2) is 29.9 Å². The molecule has 7 nitrogen and oxygen atoms in total. The van der Waals surface area contributed by atoms with E-state index in [0.29, 0.717) is 0 Å².